The summed E-state index contributed by atoms with van der Waals surface area (Å²) in [5.41, 5.74) is 0.680. The molecule has 0 aliphatic carbocycles. The number of hydrogen-bond donors (Lipinski definition) is 1. The van der Waals surface area contributed by atoms with E-state index in [0.717, 1.165) is 6.54 Å². The minimum absolute atomic E-state index is 0.271. The monoisotopic (exact) mass is 239 g/mol. The molecule has 1 aromatic rings. The number of hydrogen-bond acceptors (Lipinski definition) is 6. The van der Waals surface area contributed by atoms with Gasteiger partial charge < -0.3 is 14.6 Å². The molecule has 6 nitrogen and oxygen atoms in total. The number of rotatable bonds is 7. The van der Waals surface area contributed by atoms with Gasteiger partial charge in [-0.05, 0) is 6.42 Å². The summed E-state index contributed by atoms with van der Waals surface area (Å²) in [6.07, 6.45) is 4.51. The minimum atomic E-state index is -0.271. The van der Waals surface area contributed by atoms with Crippen molar-refractivity contribution in [1.82, 2.24) is 15.5 Å². The van der Waals surface area contributed by atoms with Crippen molar-refractivity contribution in [1.29, 1.82) is 0 Å². The number of ether oxygens (including phenoxy) is 1. The largest absolute Gasteiger partial charge is 0.466 e. The second-order valence-corrected chi connectivity index (χ2v) is 3.38. The molecule has 1 heterocycles. The molecule has 94 valence electrons. The van der Waals surface area contributed by atoms with Crippen LogP contribution < -0.4 is 5.32 Å². The molecule has 1 rings (SSSR count). The van der Waals surface area contributed by atoms with Crippen LogP contribution in [0, 0.1) is 0 Å². The van der Waals surface area contributed by atoms with Crippen molar-refractivity contribution in [3.05, 3.63) is 23.9 Å². The molecule has 17 heavy (non-hydrogen) atoms. The summed E-state index contributed by atoms with van der Waals surface area (Å²) in [7, 11) is 1.38. The Balaban J connectivity index is 2.21. The van der Waals surface area contributed by atoms with Gasteiger partial charge in [-0.2, -0.15) is 4.98 Å². The van der Waals surface area contributed by atoms with E-state index in [1.807, 2.05) is 13.0 Å². The molecule has 1 N–H and O–H groups in total. The van der Waals surface area contributed by atoms with E-state index in [9.17, 15) is 4.79 Å². The van der Waals surface area contributed by atoms with Gasteiger partial charge in [0.25, 0.3) is 0 Å². The van der Waals surface area contributed by atoms with Crippen LogP contribution in [0.4, 0.5) is 0 Å². The van der Waals surface area contributed by atoms with E-state index in [-0.39, 0.29) is 5.97 Å². The van der Waals surface area contributed by atoms with Gasteiger partial charge in [-0.3, -0.25) is 0 Å². The molecule has 0 radical (unpaired) electrons. The summed E-state index contributed by atoms with van der Waals surface area (Å²) in [4.78, 5) is 15.1. The second-order valence-electron chi connectivity index (χ2n) is 3.38. The molecule has 6 heteroatoms. The summed E-state index contributed by atoms with van der Waals surface area (Å²) >= 11 is 0. The highest BCUT2D eigenvalue weighted by molar-refractivity contribution is 5.88. The van der Waals surface area contributed by atoms with Crippen LogP contribution in [-0.4, -0.2) is 36.3 Å². The predicted molar refractivity (Wildman–Crippen MR) is 61.3 cm³/mol. The summed E-state index contributed by atoms with van der Waals surface area (Å²) in [5.74, 6) is 0.401. The topological polar surface area (TPSA) is 77.3 Å². The van der Waals surface area contributed by atoms with Crippen molar-refractivity contribution >= 4 is 5.97 Å². The van der Waals surface area contributed by atoms with Gasteiger partial charge in [0.1, 0.15) is 0 Å². The van der Waals surface area contributed by atoms with E-state index in [1.54, 1.807) is 0 Å². The zero-order valence-corrected chi connectivity index (χ0v) is 10.1. The Morgan fingerprint density at radius 3 is 3.06 bits per heavy atom. The Morgan fingerprint density at radius 1 is 1.65 bits per heavy atom. The first-order valence-electron chi connectivity index (χ1n) is 5.51. The zero-order valence-electron chi connectivity index (χ0n) is 10.1. The predicted octanol–water partition coefficient (Wildman–Crippen LogP) is 0.711. The van der Waals surface area contributed by atoms with E-state index in [1.165, 1.54) is 13.5 Å². The molecule has 0 aliphatic heterocycles. The molecule has 0 aromatic carbocycles. The highest BCUT2D eigenvalue weighted by atomic mass is 16.5. The van der Waals surface area contributed by atoms with Crippen molar-refractivity contribution < 1.29 is 14.1 Å². The molecule has 0 aliphatic rings. The van der Waals surface area contributed by atoms with Crippen molar-refractivity contribution in [3.63, 3.8) is 0 Å². The molecular weight excluding hydrogens is 222 g/mol. The molecular formula is C11H17N3O3. The molecule has 0 unspecified atom stereocenters. The van der Waals surface area contributed by atoms with Gasteiger partial charge in [-0.15, -0.1) is 0 Å². The average molecular weight is 239 g/mol. The lowest BCUT2D eigenvalue weighted by atomic mass is 10.2. The summed E-state index contributed by atoms with van der Waals surface area (Å²) in [6, 6.07) is 0. The molecule has 0 saturated carbocycles. The van der Waals surface area contributed by atoms with Crippen molar-refractivity contribution in [2.75, 3.05) is 20.2 Å². The molecule has 0 bridgehead atoms. The number of esters is 1. The Kier molecular flexibility index (Phi) is 5.95. The van der Waals surface area contributed by atoms with Crippen LogP contribution >= 0.6 is 0 Å². The summed E-state index contributed by atoms with van der Waals surface area (Å²) in [5, 5.41) is 6.85. The number of carbonyl (C=O) groups excluding carboxylic acids is 1. The highest BCUT2D eigenvalue weighted by Gasteiger charge is 2.05. The molecule has 1 aromatic heterocycles. The Morgan fingerprint density at radius 2 is 2.47 bits per heavy atom. The van der Waals surface area contributed by atoms with E-state index in [0.29, 0.717) is 30.8 Å². The van der Waals surface area contributed by atoms with Gasteiger partial charge in [0.2, 0.25) is 6.39 Å². The Labute approximate surface area is 100 Å². The second kappa shape index (κ2) is 7.56. The maximum absolute atomic E-state index is 11.2. The number of methoxy groups -OCH3 is 1. The summed E-state index contributed by atoms with van der Waals surface area (Å²) < 4.78 is 9.26. The fourth-order valence-corrected chi connectivity index (χ4v) is 1.30. The van der Waals surface area contributed by atoms with Crippen LogP contribution in [0.3, 0.4) is 0 Å². The number of nitrogens with one attached hydrogen (secondary N) is 1. The quantitative estimate of drug-likeness (QED) is 0.429. The molecule has 0 spiro atoms. The minimum Gasteiger partial charge on any atom is -0.466 e. The van der Waals surface area contributed by atoms with E-state index in [4.69, 9.17) is 0 Å². The lowest BCUT2D eigenvalue weighted by molar-refractivity contribution is -0.136. The maximum Gasteiger partial charge on any atom is 0.333 e. The van der Waals surface area contributed by atoms with Gasteiger partial charge in [0, 0.05) is 25.1 Å². The van der Waals surface area contributed by atoms with Crippen LogP contribution in [-0.2, 0) is 16.0 Å². The van der Waals surface area contributed by atoms with Crippen molar-refractivity contribution in [3.8, 4) is 0 Å². The van der Waals surface area contributed by atoms with Crippen molar-refractivity contribution in [2.45, 2.75) is 19.8 Å². The fourth-order valence-electron chi connectivity index (χ4n) is 1.30. The highest BCUT2D eigenvalue weighted by Crippen LogP contribution is 2.01. The van der Waals surface area contributed by atoms with Gasteiger partial charge >= 0.3 is 5.97 Å². The first kappa shape index (κ1) is 13.4. The first-order valence-corrected chi connectivity index (χ1v) is 5.51. The molecule has 0 saturated heterocycles. The van der Waals surface area contributed by atoms with Crippen molar-refractivity contribution in [2.24, 2.45) is 0 Å². The first-order chi connectivity index (χ1) is 8.27. The van der Waals surface area contributed by atoms with E-state index >= 15 is 0 Å². The Bertz CT molecular complexity index is 360. The van der Waals surface area contributed by atoms with E-state index in [2.05, 4.69) is 24.7 Å². The van der Waals surface area contributed by atoms with E-state index < -0.39 is 0 Å². The van der Waals surface area contributed by atoms with Crippen LogP contribution in [0.15, 0.2) is 22.6 Å². The van der Waals surface area contributed by atoms with Crippen LogP contribution in [0.2, 0.25) is 0 Å². The SMILES string of the molecule is CCC(=CCNCCc1ncon1)C(=O)OC. The smallest absolute Gasteiger partial charge is 0.333 e. The van der Waals surface area contributed by atoms with Gasteiger partial charge in [-0.25, -0.2) is 4.79 Å². The fraction of sp³-hybridized carbons (Fsp3) is 0.545. The Hall–Kier alpha value is -1.69. The van der Waals surface area contributed by atoms with Gasteiger partial charge in [0.05, 0.1) is 7.11 Å². The summed E-state index contributed by atoms with van der Waals surface area (Å²) in [6.45, 7) is 3.27. The van der Waals surface area contributed by atoms with Gasteiger partial charge in [0.15, 0.2) is 5.82 Å². The lowest BCUT2D eigenvalue weighted by Crippen LogP contribution is -2.18. The van der Waals surface area contributed by atoms with Crippen LogP contribution in [0.1, 0.15) is 19.2 Å². The third kappa shape index (κ3) is 4.78. The molecule has 0 amide bonds. The number of aromatic nitrogens is 2. The van der Waals surface area contributed by atoms with Crippen LogP contribution in [0.25, 0.3) is 0 Å². The molecule has 0 fully saturated rings. The standard InChI is InChI=1S/C11H17N3O3/c1-3-9(11(15)16-2)4-6-12-7-5-10-13-8-17-14-10/h4,8,12H,3,5-7H2,1-2H3. The number of carbonyl (C=O) groups is 1. The third-order valence-corrected chi connectivity index (χ3v) is 2.25. The molecule has 0 atom stereocenters. The van der Waals surface area contributed by atoms with Crippen LogP contribution in [0.5, 0.6) is 0 Å². The third-order valence-electron chi connectivity index (χ3n) is 2.25. The average Bonchev–Trinajstić information content (AvgIpc) is 2.86. The maximum atomic E-state index is 11.2. The zero-order chi connectivity index (χ0) is 12.5. The van der Waals surface area contributed by atoms with Gasteiger partial charge in [-0.1, -0.05) is 18.2 Å². The lowest BCUT2D eigenvalue weighted by Gasteiger charge is -2.03. The number of nitrogens with zero attached hydrogens (tertiary/aromatic N) is 2. The normalized spacial score (nSPS) is 11.5.